The maximum atomic E-state index is 14.7. The Morgan fingerprint density at radius 2 is 1.70 bits per heavy atom. The molecule has 3 N–H and O–H groups in total. The molecule has 0 unspecified atom stereocenters. The largest absolute Gasteiger partial charge is 0.496 e. The second-order valence-electron chi connectivity index (χ2n) is 11.7. The van der Waals surface area contributed by atoms with Crippen molar-refractivity contribution in [3.05, 3.63) is 119 Å². The lowest BCUT2D eigenvalue weighted by Crippen LogP contribution is -2.33. The van der Waals surface area contributed by atoms with E-state index in [0.29, 0.717) is 53.0 Å². The van der Waals surface area contributed by atoms with Crippen LogP contribution in [0.2, 0.25) is 0 Å². The third-order valence-electron chi connectivity index (χ3n) is 8.15. The number of benzene rings is 4. The van der Waals surface area contributed by atoms with Crippen LogP contribution in [-0.2, 0) is 21.4 Å². The van der Waals surface area contributed by atoms with Gasteiger partial charge in [0.25, 0.3) is 5.12 Å². The van der Waals surface area contributed by atoms with Crippen LogP contribution in [0.15, 0.2) is 91.3 Å². The fourth-order valence-electron chi connectivity index (χ4n) is 5.48. The molecule has 0 saturated carbocycles. The zero-order valence-electron chi connectivity index (χ0n) is 28.1. The number of hydrogen-bond acceptors (Lipinski definition) is 13. The lowest BCUT2D eigenvalue weighted by Gasteiger charge is -2.19. The second-order valence-corrected chi connectivity index (χ2v) is 13.2. The van der Waals surface area contributed by atoms with Crippen LogP contribution in [0.5, 0.6) is 17.2 Å². The number of nitrogens with one attached hydrogen (secondary N) is 3. The van der Waals surface area contributed by atoms with E-state index < -0.39 is 26.9 Å². The standard InChI is InChI=1S/C36H30FN7O8S/c1-21-5-3-4-6-27(21)35(46)53(47,48)43-52-34(45)22-7-8-24(31(15-22)49-2)20-44-29-16-25(10-9-23(29)18-39-44)41-36-38-19-28(37)33(42-36)40-26-11-12-30-32(17-26)51-14-13-50-30/h3-12,15-19,43H,13-14,20H2,1-2H3,(H2,38,40,41,42). The minimum absolute atomic E-state index is 0.0319. The molecule has 2 aromatic heterocycles. The number of nitrogens with zero attached hydrogens (tertiary/aromatic N) is 4. The van der Waals surface area contributed by atoms with Crippen LogP contribution in [0, 0.1) is 12.7 Å². The molecule has 270 valence electrons. The van der Waals surface area contributed by atoms with Crippen LogP contribution in [0.25, 0.3) is 10.9 Å². The highest BCUT2D eigenvalue weighted by molar-refractivity contribution is 8.04. The van der Waals surface area contributed by atoms with E-state index in [4.69, 9.17) is 19.0 Å². The van der Waals surface area contributed by atoms with Gasteiger partial charge in [0.1, 0.15) is 19.0 Å². The van der Waals surface area contributed by atoms with Crippen molar-refractivity contribution < 1.29 is 41.4 Å². The van der Waals surface area contributed by atoms with Gasteiger partial charge in [-0.2, -0.15) is 10.1 Å². The number of carbonyl (C=O) groups excluding carboxylic acids is 2. The van der Waals surface area contributed by atoms with E-state index in [0.717, 1.165) is 17.1 Å². The smallest absolute Gasteiger partial charge is 0.357 e. The molecule has 0 spiro atoms. The molecule has 17 heteroatoms. The van der Waals surface area contributed by atoms with Crippen LogP contribution in [0.1, 0.15) is 31.8 Å². The van der Waals surface area contributed by atoms with Gasteiger partial charge in [-0.05, 0) is 65.9 Å². The number of aromatic nitrogens is 4. The summed E-state index contributed by atoms with van der Waals surface area (Å²) >= 11 is 0. The summed E-state index contributed by atoms with van der Waals surface area (Å²) in [5.74, 6) is -0.154. The monoisotopic (exact) mass is 739 g/mol. The third kappa shape index (κ3) is 7.56. The van der Waals surface area contributed by atoms with E-state index in [1.54, 1.807) is 65.2 Å². The number of hydrogen-bond donors (Lipinski definition) is 3. The molecule has 6 aromatic rings. The molecule has 4 aromatic carbocycles. The summed E-state index contributed by atoms with van der Waals surface area (Å²) in [6.45, 7) is 2.68. The van der Waals surface area contributed by atoms with Gasteiger partial charge in [-0.3, -0.25) is 9.48 Å². The summed E-state index contributed by atoms with van der Waals surface area (Å²) in [6, 6.07) is 21.2. The maximum absolute atomic E-state index is 14.7. The number of fused-ring (bicyclic) bond motifs is 2. The Kier molecular flexibility index (Phi) is 9.58. The quantitative estimate of drug-likeness (QED) is 0.143. The molecule has 1 aliphatic heterocycles. The Morgan fingerprint density at radius 1 is 0.925 bits per heavy atom. The summed E-state index contributed by atoms with van der Waals surface area (Å²) < 4.78 is 58.2. The zero-order chi connectivity index (χ0) is 37.1. The summed E-state index contributed by atoms with van der Waals surface area (Å²) in [7, 11) is -3.26. The van der Waals surface area contributed by atoms with Crippen molar-refractivity contribution in [1.29, 1.82) is 0 Å². The Morgan fingerprint density at radius 3 is 2.51 bits per heavy atom. The van der Waals surface area contributed by atoms with Gasteiger partial charge in [0.05, 0.1) is 37.1 Å². The van der Waals surface area contributed by atoms with Crippen molar-refractivity contribution in [3.63, 3.8) is 0 Å². The second kappa shape index (κ2) is 14.6. The Bertz CT molecular complexity index is 2490. The minimum atomic E-state index is -4.68. The number of ether oxygens (including phenoxy) is 3. The van der Waals surface area contributed by atoms with Crippen molar-refractivity contribution >= 4 is 55.2 Å². The third-order valence-corrected chi connectivity index (χ3v) is 9.16. The highest BCUT2D eigenvalue weighted by Crippen LogP contribution is 2.34. The number of rotatable bonds is 11. The van der Waals surface area contributed by atoms with Gasteiger partial charge >= 0.3 is 16.0 Å². The first-order chi connectivity index (χ1) is 25.6. The molecule has 0 aliphatic carbocycles. The van der Waals surface area contributed by atoms with Crippen molar-refractivity contribution in [2.45, 2.75) is 13.5 Å². The van der Waals surface area contributed by atoms with Crippen molar-refractivity contribution in [1.82, 2.24) is 24.6 Å². The lowest BCUT2D eigenvalue weighted by molar-refractivity contribution is 0.0407. The van der Waals surface area contributed by atoms with Crippen LogP contribution < -0.4 is 29.7 Å². The van der Waals surface area contributed by atoms with E-state index in [9.17, 15) is 22.4 Å². The van der Waals surface area contributed by atoms with Gasteiger partial charge in [0.2, 0.25) is 5.95 Å². The van der Waals surface area contributed by atoms with Crippen LogP contribution in [0.4, 0.5) is 27.5 Å². The van der Waals surface area contributed by atoms with E-state index in [-0.39, 0.29) is 29.4 Å². The number of sulfonamides is 1. The fourth-order valence-corrected chi connectivity index (χ4v) is 6.26. The van der Waals surface area contributed by atoms with Gasteiger partial charge < -0.3 is 29.7 Å². The molecule has 15 nitrogen and oxygen atoms in total. The molecule has 3 heterocycles. The number of halogens is 1. The highest BCUT2D eigenvalue weighted by Gasteiger charge is 2.27. The van der Waals surface area contributed by atoms with Gasteiger partial charge in [-0.1, -0.05) is 24.3 Å². The Hall–Kier alpha value is -6.59. The topological polar surface area (TPSA) is 185 Å². The Balaban J connectivity index is 1.04. The molecule has 0 radical (unpaired) electrons. The molecular formula is C36H30FN7O8S. The van der Waals surface area contributed by atoms with Crippen molar-refractivity contribution in [3.8, 4) is 17.2 Å². The first kappa shape index (κ1) is 34.8. The van der Waals surface area contributed by atoms with Crippen LogP contribution >= 0.6 is 0 Å². The molecule has 0 bridgehead atoms. The molecule has 0 atom stereocenters. The summed E-state index contributed by atoms with van der Waals surface area (Å²) in [6.07, 6.45) is 2.75. The molecule has 0 saturated heterocycles. The molecule has 53 heavy (non-hydrogen) atoms. The first-order valence-corrected chi connectivity index (χ1v) is 17.5. The van der Waals surface area contributed by atoms with Gasteiger partial charge in [-0.15, -0.1) is 0 Å². The number of methoxy groups -OCH3 is 1. The van der Waals surface area contributed by atoms with Gasteiger partial charge in [0.15, 0.2) is 23.1 Å². The van der Waals surface area contributed by atoms with Gasteiger partial charge in [0, 0.05) is 34.0 Å². The fraction of sp³-hybridized carbons (Fsp3) is 0.139. The highest BCUT2D eigenvalue weighted by atomic mass is 32.2. The normalized spacial score (nSPS) is 12.3. The molecule has 7 rings (SSSR count). The van der Waals surface area contributed by atoms with Gasteiger partial charge in [-0.25, -0.2) is 22.6 Å². The average Bonchev–Trinajstić information content (AvgIpc) is 3.56. The van der Waals surface area contributed by atoms with Crippen molar-refractivity contribution in [2.24, 2.45) is 0 Å². The van der Waals surface area contributed by atoms with E-state index >= 15 is 0 Å². The van der Waals surface area contributed by atoms with Crippen LogP contribution in [0.3, 0.4) is 0 Å². The summed E-state index contributed by atoms with van der Waals surface area (Å²) in [5.41, 5.74) is 2.89. The van der Waals surface area contributed by atoms with E-state index in [2.05, 4.69) is 25.7 Å². The number of aryl methyl sites for hydroxylation is 1. The molecule has 0 amide bonds. The molecule has 0 fully saturated rings. The summed E-state index contributed by atoms with van der Waals surface area (Å²) in [4.78, 5) is 40.1. The van der Waals surface area contributed by atoms with Crippen molar-refractivity contribution in [2.75, 3.05) is 31.0 Å². The van der Waals surface area contributed by atoms with E-state index in [1.165, 1.54) is 31.4 Å². The number of carbonyl (C=O) groups is 2. The SMILES string of the molecule is COc1cc(C(=O)ONS(=O)(=O)C(=O)c2ccccc2C)ccc1Cn1ncc2ccc(Nc3ncc(F)c(Nc4ccc5c(c4)OCCO5)n3)cc21. The minimum Gasteiger partial charge on any atom is -0.496 e. The lowest BCUT2D eigenvalue weighted by atomic mass is 10.1. The predicted molar refractivity (Wildman–Crippen MR) is 191 cm³/mol. The molecule has 1 aliphatic rings. The van der Waals surface area contributed by atoms with Crippen LogP contribution in [-0.4, -0.2) is 59.6 Å². The predicted octanol–water partition coefficient (Wildman–Crippen LogP) is 5.42. The van der Waals surface area contributed by atoms with E-state index in [1.807, 2.05) is 12.1 Å². The number of anilines is 4. The average molecular weight is 740 g/mol. The first-order valence-electron chi connectivity index (χ1n) is 16.0. The zero-order valence-corrected chi connectivity index (χ0v) is 28.9. The maximum Gasteiger partial charge on any atom is 0.357 e. The summed E-state index contributed by atoms with van der Waals surface area (Å²) in [5, 5.41) is 10.2. The molecular weight excluding hydrogens is 710 g/mol. The Labute approximate surface area is 301 Å².